The molecule has 15 heteroatoms. The molecular weight excluding hydrogens is 402 g/mol. The Bertz CT molecular complexity index is 802. The standard InChI is InChI=1S/C13H19N5O9S/c19-10(8-2-1-5-16(8)13(22)23)14-15-11(20)9-4-3-7-6-17(9)12(21)18(7)27-28(24,25)26/h7-9H,1-6H2,(H,14,19)(H,15,20)(H,22,23)(H,24,25,26)/t7-,8+,9-/m1/s1. The van der Waals surface area contributed by atoms with Gasteiger partial charge in [0.25, 0.3) is 11.8 Å². The molecule has 0 unspecified atom stereocenters. The number of urea groups is 1. The second-order valence-electron chi connectivity index (χ2n) is 6.62. The summed E-state index contributed by atoms with van der Waals surface area (Å²) in [6.07, 6.45) is 0.0247. The van der Waals surface area contributed by atoms with E-state index < -0.39 is 52.5 Å². The third-order valence-corrected chi connectivity index (χ3v) is 5.26. The van der Waals surface area contributed by atoms with E-state index >= 15 is 0 Å². The first-order valence-electron chi connectivity index (χ1n) is 8.44. The van der Waals surface area contributed by atoms with Gasteiger partial charge in [0.15, 0.2) is 0 Å². The molecule has 3 atom stereocenters. The molecule has 28 heavy (non-hydrogen) atoms. The number of hydrogen-bond donors (Lipinski definition) is 4. The maximum atomic E-state index is 12.4. The molecular formula is C13H19N5O9S. The molecule has 3 heterocycles. The van der Waals surface area contributed by atoms with Crippen LogP contribution in [0.1, 0.15) is 25.7 Å². The Hall–Kier alpha value is -2.65. The zero-order chi connectivity index (χ0) is 20.6. The average molecular weight is 421 g/mol. The Morgan fingerprint density at radius 2 is 1.71 bits per heavy atom. The minimum Gasteiger partial charge on any atom is -0.465 e. The van der Waals surface area contributed by atoms with E-state index in [2.05, 4.69) is 15.1 Å². The average Bonchev–Trinajstić information content (AvgIpc) is 3.19. The van der Waals surface area contributed by atoms with Crippen molar-refractivity contribution in [1.82, 2.24) is 25.7 Å². The van der Waals surface area contributed by atoms with Gasteiger partial charge in [0.1, 0.15) is 12.1 Å². The predicted octanol–water partition coefficient (Wildman–Crippen LogP) is -1.72. The number of carbonyl (C=O) groups is 4. The number of amides is 5. The number of likely N-dealkylation sites (tertiary alicyclic amines) is 1. The Balaban J connectivity index is 1.58. The van der Waals surface area contributed by atoms with Gasteiger partial charge in [0.2, 0.25) is 0 Å². The minimum atomic E-state index is -4.89. The number of nitrogens with one attached hydrogen (secondary N) is 2. The molecule has 3 rings (SSSR count). The second kappa shape index (κ2) is 7.40. The highest BCUT2D eigenvalue weighted by Crippen LogP contribution is 2.30. The Labute approximate surface area is 159 Å². The molecule has 3 fully saturated rings. The summed E-state index contributed by atoms with van der Waals surface area (Å²) in [7, 11) is -4.89. The van der Waals surface area contributed by atoms with E-state index in [4.69, 9.17) is 9.66 Å². The van der Waals surface area contributed by atoms with Crippen LogP contribution in [0.5, 0.6) is 0 Å². The summed E-state index contributed by atoms with van der Waals surface area (Å²) >= 11 is 0. The van der Waals surface area contributed by atoms with E-state index in [0.29, 0.717) is 17.9 Å². The molecule has 0 radical (unpaired) electrons. The molecule has 5 amide bonds. The van der Waals surface area contributed by atoms with E-state index in [1.165, 1.54) is 0 Å². The van der Waals surface area contributed by atoms with E-state index in [-0.39, 0.29) is 25.9 Å². The first kappa shape index (κ1) is 20.1. The summed E-state index contributed by atoms with van der Waals surface area (Å²) in [6, 6.07) is -3.45. The van der Waals surface area contributed by atoms with Gasteiger partial charge in [0.05, 0.1) is 6.04 Å². The molecule has 0 saturated carbocycles. The van der Waals surface area contributed by atoms with Crippen LogP contribution in [0.25, 0.3) is 0 Å². The first-order valence-corrected chi connectivity index (χ1v) is 9.81. The van der Waals surface area contributed by atoms with Crippen LogP contribution in [0.15, 0.2) is 0 Å². The lowest BCUT2D eigenvalue weighted by Crippen LogP contribution is -2.57. The largest absolute Gasteiger partial charge is 0.465 e. The van der Waals surface area contributed by atoms with Gasteiger partial charge in [-0.3, -0.25) is 29.9 Å². The number of rotatable bonds is 4. The molecule has 0 spiro atoms. The lowest BCUT2D eigenvalue weighted by Gasteiger charge is -2.29. The fourth-order valence-electron chi connectivity index (χ4n) is 3.66. The molecule has 2 bridgehead atoms. The smallest absolute Gasteiger partial charge is 0.418 e. The number of hydroxylamine groups is 2. The Morgan fingerprint density at radius 1 is 1.07 bits per heavy atom. The summed E-state index contributed by atoms with van der Waals surface area (Å²) < 4.78 is 34.8. The predicted molar refractivity (Wildman–Crippen MR) is 87.4 cm³/mol. The zero-order valence-electron chi connectivity index (χ0n) is 14.5. The Kier molecular flexibility index (Phi) is 5.31. The van der Waals surface area contributed by atoms with Crippen LogP contribution < -0.4 is 10.9 Å². The highest BCUT2D eigenvalue weighted by atomic mass is 32.3. The molecule has 4 N–H and O–H groups in total. The normalized spacial score (nSPS) is 27.1. The third-order valence-electron chi connectivity index (χ3n) is 4.91. The van der Waals surface area contributed by atoms with Gasteiger partial charge in [0, 0.05) is 13.1 Å². The van der Waals surface area contributed by atoms with Crippen LogP contribution in [-0.2, 0) is 24.3 Å². The van der Waals surface area contributed by atoms with Gasteiger partial charge in [-0.25, -0.2) is 9.59 Å². The lowest BCUT2D eigenvalue weighted by atomic mass is 10.0. The summed E-state index contributed by atoms with van der Waals surface area (Å²) in [5.41, 5.74) is 4.34. The van der Waals surface area contributed by atoms with Crippen LogP contribution >= 0.6 is 0 Å². The summed E-state index contributed by atoms with van der Waals surface area (Å²) in [5.74, 6) is -1.40. The van der Waals surface area contributed by atoms with Crippen molar-refractivity contribution in [2.24, 2.45) is 0 Å². The van der Waals surface area contributed by atoms with Gasteiger partial charge in [-0.05, 0) is 25.7 Å². The van der Waals surface area contributed by atoms with Gasteiger partial charge < -0.3 is 10.0 Å². The van der Waals surface area contributed by atoms with Crippen molar-refractivity contribution < 1.29 is 41.5 Å². The number of nitrogens with zero attached hydrogens (tertiary/aromatic N) is 3. The summed E-state index contributed by atoms with van der Waals surface area (Å²) in [6.45, 7) is 0.229. The highest BCUT2D eigenvalue weighted by molar-refractivity contribution is 7.80. The topological polar surface area (TPSA) is 186 Å². The molecule has 0 aromatic carbocycles. The summed E-state index contributed by atoms with van der Waals surface area (Å²) in [5, 5.41) is 9.56. The molecule has 156 valence electrons. The van der Waals surface area contributed by atoms with Crippen molar-refractivity contribution in [2.45, 2.75) is 43.8 Å². The fourth-order valence-corrected chi connectivity index (χ4v) is 4.05. The van der Waals surface area contributed by atoms with E-state index in [0.717, 1.165) is 9.80 Å². The molecule has 0 aliphatic carbocycles. The van der Waals surface area contributed by atoms with Gasteiger partial charge in [-0.2, -0.15) is 13.5 Å². The number of piperidine rings is 1. The van der Waals surface area contributed by atoms with E-state index in [1.54, 1.807) is 0 Å². The molecule has 3 aliphatic rings. The van der Waals surface area contributed by atoms with Gasteiger partial charge >= 0.3 is 22.5 Å². The maximum absolute atomic E-state index is 12.4. The molecule has 14 nitrogen and oxygen atoms in total. The Morgan fingerprint density at radius 3 is 2.32 bits per heavy atom. The fraction of sp³-hybridized carbons (Fsp3) is 0.692. The molecule has 3 aliphatic heterocycles. The number of carboxylic acid groups (broad SMARTS) is 1. The maximum Gasteiger partial charge on any atom is 0.418 e. The summed E-state index contributed by atoms with van der Waals surface area (Å²) in [4.78, 5) is 49.9. The lowest BCUT2D eigenvalue weighted by molar-refractivity contribution is -0.133. The van der Waals surface area contributed by atoms with Crippen LogP contribution in [0.2, 0.25) is 0 Å². The van der Waals surface area contributed by atoms with Crippen molar-refractivity contribution in [3.05, 3.63) is 0 Å². The van der Waals surface area contributed by atoms with Gasteiger partial charge in [-0.1, -0.05) is 0 Å². The number of carbonyl (C=O) groups excluding carboxylic acids is 3. The number of fused-ring (bicyclic) bond motifs is 2. The van der Waals surface area contributed by atoms with Crippen molar-refractivity contribution in [2.75, 3.05) is 13.1 Å². The van der Waals surface area contributed by atoms with Crippen LogP contribution in [0.3, 0.4) is 0 Å². The van der Waals surface area contributed by atoms with E-state index in [9.17, 15) is 27.6 Å². The van der Waals surface area contributed by atoms with Gasteiger partial charge in [-0.15, -0.1) is 4.28 Å². The number of hydrogen-bond acceptors (Lipinski definition) is 7. The number of hydrazine groups is 1. The SMILES string of the molecule is O=C(NNC(=O)[C@@H]1CCCN1C(=O)O)[C@H]1CC[C@@H]2CN1C(=O)N2OS(=O)(=O)O. The minimum absolute atomic E-state index is 0.00973. The third kappa shape index (κ3) is 3.95. The highest BCUT2D eigenvalue weighted by Gasteiger charge is 2.49. The van der Waals surface area contributed by atoms with Crippen LogP contribution in [0, 0.1) is 0 Å². The molecule has 0 aromatic rings. The molecule has 0 aromatic heterocycles. The van der Waals surface area contributed by atoms with Crippen molar-refractivity contribution in [1.29, 1.82) is 0 Å². The first-order chi connectivity index (χ1) is 13.1. The van der Waals surface area contributed by atoms with Crippen LogP contribution in [-0.4, -0.2) is 88.1 Å². The quantitative estimate of drug-likeness (QED) is 0.302. The van der Waals surface area contributed by atoms with Crippen LogP contribution in [0.4, 0.5) is 9.59 Å². The molecule has 3 saturated heterocycles. The van der Waals surface area contributed by atoms with Crippen molar-refractivity contribution in [3.63, 3.8) is 0 Å². The van der Waals surface area contributed by atoms with Crippen molar-refractivity contribution in [3.8, 4) is 0 Å². The van der Waals surface area contributed by atoms with Crippen molar-refractivity contribution >= 4 is 34.3 Å². The second-order valence-corrected chi connectivity index (χ2v) is 7.63. The zero-order valence-corrected chi connectivity index (χ0v) is 15.3. The monoisotopic (exact) mass is 421 g/mol. The van der Waals surface area contributed by atoms with E-state index in [1.807, 2.05) is 0 Å².